The van der Waals surface area contributed by atoms with Crippen LogP contribution >= 0.6 is 0 Å². The molecule has 2 heteroatoms. The maximum absolute atomic E-state index is 6.09. The fourth-order valence-corrected chi connectivity index (χ4v) is 2.85. The van der Waals surface area contributed by atoms with Crippen molar-refractivity contribution in [2.24, 2.45) is 11.7 Å². The van der Waals surface area contributed by atoms with E-state index >= 15 is 0 Å². The van der Waals surface area contributed by atoms with Crippen LogP contribution in [0.25, 0.3) is 0 Å². The Morgan fingerprint density at radius 3 is 2.72 bits per heavy atom. The fourth-order valence-electron chi connectivity index (χ4n) is 2.85. The summed E-state index contributed by atoms with van der Waals surface area (Å²) in [6.45, 7) is 8.74. The molecular formula is C16H26N2. The van der Waals surface area contributed by atoms with Gasteiger partial charge in [0.2, 0.25) is 0 Å². The van der Waals surface area contributed by atoms with E-state index in [2.05, 4.69) is 49.9 Å². The van der Waals surface area contributed by atoms with Gasteiger partial charge in [-0.2, -0.15) is 0 Å². The number of nitrogens with two attached hydrogens (primary N) is 1. The van der Waals surface area contributed by atoms with Crippen LogP contribution < -0.4 is 10.6 Å². The van der Waals surface area contributed by atoms with Crippen LogP contribution in [0.15, 0.2) is 24.3 Å². The monoisotopic (exact) mass is 246 g/mol. The zero-order valence-corrected chi connectivity index (χ0v) is 11.9. The van der Waals surface area contributed by atoms with E-state index in [0.29, 0.717) is 0 Å². The third kappa shape index (κ3) is 2.54. The maximum Gasteiger partial charge on any atom is 0.0496 e. The Kier molecular flexibility index (Phi) is 3.96. The predicted octanol–water partition coefficient (Wildman–Crippen LogP) is 3.20. The number of hydrogen-bond donors (Lipinski definition) is 1. The average molecular weight is 246 g/mol. The number of fused-ring (bicyclic) bond motifs is 1. The summed E-state index contributed by atoms with van der Waals surface area (Å²) >= 11 is 0. The van der Waals surface area contributed by atoms with Crippen molar-refractivity contribution in [3.05, 3.63) is 29.8 Å². The first-order chi connectivity index (χ1) is 8.57. The van der Waals surface area contributed by atoms with Gasteiger partial charge in [0.1, 0.15) is 0 Å². The molecule has 1 aliphatic rings. The molecule has 0 aromatic heterocycles. The van der Waals surface area contributed by atoms with E-state index in [9.17, 15) is 0 Å². The Balaban J connectivity index is 2.19. The second-order valence-electron chi connectivity index (χ2n) is 6.16. The Labute approximate surface area is 111 Å². The molecule has 2 N–H and O–H groups in total. The van der Waals surface area contributed by atoms with E-state index in [1.165, 1.54) is 24.1 Å². The van der Waals surface area contributed by atoms with Gasteiger partial charge in [0.05, 0.1) is 0 Å². The zero-order valence-electron chi connectivity index (χ0n) is 11.9. The number of benzene rings is 1. The highest BCUT2D eigenvalue weighted by atomic mass is 15.2. The van der Waals surface area contributed by atoms with Crippen molar-refractivity contribution in [2.75, 3.05) is 18.0 Å². The van der Waals surface area contributed by atoms with Crippen LogP contribution in [0.2, 0.25) is 0 Å². The number of hydrogen-bond acceptors (Lipinski definition) is 2. The highest BCUT2D eigenvalue weighted by molar-refractivity contribution is 5.59. The summed E-state index contributed by atoms with van der Waals surface area (Å²) in [6, 6.07) is 8.76. The van der Waals surface area contributed by atoms with Crippen molar-refractivity contribution >= 4 is 5.69 Å². The number of rotatable bonds is 5. The number of anilines is 1. The molecule has 0 bridgehead atoms. The van der Waals surface area contributed by atoms with Crippen LogP contribution in [0.3, 0.4) is 0 Å². The summed E-state index contributed by atoms with van der Waals surface area (Å²) in [5.74, 6) is 0.744. The average Bonchev–Trinajstić information content (AvgIpc) is 2.80. The van der Waals surface area contributed by atoms with Gasteiger partial charge in [-0.1, -0.05) is 32.0 Å². The highest BCUT2D eigenvalue weighted by Crippen LogP contribution is 2.35. The molecule has 1 unspecified atom stereocenters. The fraction of sp³-hybridized carbons (Fsp3) is 0.625. The van der Waals surface area contributed by atoms with Crippen molar-refractivity contribution in [1.29, 1.82) is 0 Å². The van der Waals surface area contributed by atoms with Crippen LogP contribution in [0, 0.1) is 5.92 Å². The smallest absolute Gasteiger partial charge is 0.0496 e. The third-order valence-corrected chi connectivity index (χ3v) is 4.24. The van der Waals surface area contributed by atoms with Crippen molar-refractivity contribution in [2.45, 2.75) is 45.6 Å². The molecule has 0 radical (unpaired) electrons. The molecule has 0 aliphatic carbocycles. The lowest BCUT2D eigenvalue weighted by molar-refractivity contribution is 0.368. The molecule has 100 valence electrons. The summed E-state index contributed by atoms with van der Waals surface area (Å²) < 4.78 is 0. The van der Waals surface area contributed by atoms with Gasteiger partial charge < -0.3 is 10.6 Å². The second-order valence-corrected chi connectivity index (χ2v) is 6.16. The van der Waals surface area contributed by atoms with Crippen LogP contribution in [0.4, 0.5) is 5.69 Å². The van der Waals surface area contributed by atoms with Crippen LogP contribution in [-0.4, -0.2) is 18.6 Å². The third-order valence-electron chi connectivity index (χ3n) is 4.24. The topological polar surface area (TPSA) is 29.3 Å². The Morgan fingerprint density at radius 2 is 2.06 bits per heavy atom. The minimum atomic E-state index is 0.108. The van der Waals surface area contributed by atoms with Crippen LogP contribution in [-0.2, 0) is 6.42 Å². The molecule has 1 aromatic rings. The molecule has 2 nitrogen and oxygen atoms in total. The SMILES string of the molecule is CC(C)CCC(C)(CN)N1CCc2ccccc21. The summed E-state index contributed by atoms with van der Waals surface area (Å²) in [5.41, 5.74) is 9.07. The summed E-state index contributed by atoms with van der Waals surface area (Å²) in [7, 11) is 0. The predicted molar refractivity (Wildman–Crippen MR) is 79.0 cm³/mol. The lowest BCUT2D eigenvalue weighted by atomic mass is 9.90. The molecular weight excluding hydrogens is 220 g/mol. The van der Waals surface area contributed by atoms with Gasteiger partial charge in [-0.15, -0.1) is 0 Å². The molecule has 1 aromatic carbocycles. The Hall–Kier alpha value is -1.02. The zero-order chi connectivity index (χ0) is 13.2. The Bertz CT molecular complexity index is 400. The van der Waals surface area contributed by atoms with E-state index in [-0.39, 0.29) is 5.54 Å². The first-order valence-electron chi connectivity index (χ1n) is 7.12. The number of nitrogens with zero attached hydrogens (tertiary/aromatic N) is 1. The quantitative estimate of drug-likeness (QED) is 0.864. The molecule has 0 saturated heterocycles. The first-order valence-corrected chi connectivity index (χ1v) is 7.12. The standard InChI is InChI=1S/C16H26N2/c1-13(2)8-10-16(3,12-17)18-11-9-14-6-4-5-7-15(14)18/h4-7,13H,8-12,17H2,1-3H3. The second kappa shape index (κ2) is 5.31. The normalized spacial score (nSPS) is 17.9. The minimum absolute atomic E-state index is 0.108. The molecule has 1 aliphatic heterocycles. The van der Waals surface area contributed by atoms with Gasteiger partial charge in [-0.3, -0.25) is 0 Å². The van der Waals surface area contributed by atoms with Gasteiger partial charge in [-0.05, 0) is 43.7 Å². The first kappa shape index (κ1) is 13.4. The molecule has 0 spiro atoms. The van der Waals surface area contributed by atoms with E-state index in [1.54, 1.807) is 0 Å². The molecule has 18 heavy (non-hydrogen) atoms. The molecule has 1 atom stereocenters. The van der Waals surface area contributed by atoms with Gasteiger partial charge in [0, 0.05) is 24.3 Å². The van der Waals surface area contributed by atoms with Crippen LogP contribution in [0.1, 0.15) is 39.2 Å². The largest absolute Gasteiger partial charge is 0.364 e. The molecule has 0 fully saturated rings. The summed E-state index contributed by atoms with van der Waals surface area (Å²) in [6.07, 6.45) is 3.58. The molecule has 0 saturated carbocycles. The summed E-state index contributed by atoms with van der Waals surface area (Å²) in [4.78, 5) is 2.53. The van der Waals surface area contributed by atoms with Crippen molar-refractivity contribution < 1.29 is 0 Å². The molecule has 0 amide bonds. The van der Waals surface area contributed by atoms with Gasteiger partial charge in [-0.25, -0.2) is 0 Å². The van der Waals surface area contributed by atoms with Crippen molar-refractivity contribution in [3.63, 3.8) is 0 Å². The van der Waals surface area contributed by atoms with E-state index in [1.807, 2.05) is 0 Å². The van der Waals surface area contributed by atoms with Gasteiger partial charge in [0.25, 0.3) is 0 Å². The Morgan fingerprint density at radius 1 is 1.33 bits per heavy atom. The lowest BCUT2D eigenvalue weighted by Crippen LogP contribution is -2.51. The number of para-hydroxylation sites is 1. The van der Waals surface area contributed by atoms with Gasteiger partial charge >= 0.3 is 0 Å². The van der Waals surface area contributed by atoms with Crippen LogP contribution in [0.5, 0.6) is 0 Å². The molecule has 2 rings (SSSR count). The van der Waals surface area contributed by atoms with E-state index < -0.39 is 0 Å². The maximum atomic E-state index is 6.09. The summed E-state index contributed by atoms with van der Waals surface area (Å²) in [5, 5.41) is 0. The van der Waals surface area contributed by atoms with E-state index in [4.69, 9.17) is 5.73 Å². The van der Waals surface area contributed by atoms with Gasteiger partial charge in [0.15, 0.2) is 0 Å². The minimum Gasteiger partial charge on any atom is -0.364 e. The van der Waals surface area contributed by atoms with Crippen molar-refractivity contribution in [3.8, 4) is 0 Å². The van der Waals surface area contributed by atoms with E-state index in [0.717, 1.165) is 25.4 Å². The highest BCUT2D eigenvalue weighted by Gasteiger charge is 2.34. The lowest BCUT2D eigenvalue weighted by Gasteiger charge is -2.40. The molecule has 1 heterocycles. The van der Waals surface area contributed by atoms with Crippen molar-refractivity contribution in [1.82, 2.24) is 0 Å².